The number of pyridine rings is 1. The van der Waals surface area contributed by atoms with E-state index in [0.29, 0.717) is 5.69 Å². The van der Waals surface area contributed by atoms with E-state index in [1.165, 1.54) is 12.3 Å². The molecule has 1 aromatic carbocycles. The highest BCUT2D eigenvalue weighted by molar-refractivity contribution is 5.67. The summed E-state index contributed by atoms with van der Waals surface area (Å²) >= 11 is 0. The maximum absolute atomic E-state index is 10.9. The number of benzene rings is 1. The van der Waals surface area contributed by atoms with Gasteiger partial charge in [-0.25, -0.2) is 0 Å². The number of aromatic nitrogens is 1. The van der Waals surface area contributed by atoms with Crippen LogP contribution in [0.2, 0.25) is 0 Å². The molecule has 1 aromatic heterocycles. The smallest absolute Gasteiger partial charge is 0.290 e. The Hall–Kier alpha value is -2.23. The number of aromatic hydroxyl groups is 1. The Kier molecular flexibility index (Phi) is 2.17. The zero-order chi connectivity index (χ0) is 10.8. The molecule has 0 fully saturated rings. The number of rotatable bonds is 1. The molecule has 0 bridgehead atoms. The molecule has 0 unspecified atom stereocenters. The van der Waals surface area contributed by atoms with Crippen molar-refractivity contribution in [2.75, 3.05) is 5.73 Å². The molecule has 0 aliphatic heterocycles. The second-order valence-corrected chi connectivity index (χ2v) is 3.23. The van der Waals surface area contributed by atoms with Gasteiger partial charge in [0, 0.05) is 17.4 Å². The van der Waals surface area contributed by atoms with Crippen LogP contribution in [0.25, 0.3) is 11.1 Å². The fraction of sp³-hybridized carbons (Fsp3) is 0. The summed E-state index contributed by atoms with van der Waals surface area (Å²) in [6, 6.07) is 8.62. The van der Waals surface area contributed by atoms with Crippen LogP contribution in [0.1, 0.15) is 0 Å². The largest absolute Gasteiger partial charge is 0.503 e. The average molecular weight is 202 g/mol. The van der Waals surface area contributed by atoms with Crippen molar-refractivity contribution in [3.05, 3.63) is 46.9 Å². The van der Waals surface area contributed by atoms with Gasteiger partial charge in [0.25, 0.3) is 5.56 Å². The van der Waals surface area contributed by atoms with Crippen molar-refractivity contribution in [2.24, 2.45) is 0 Å². The molecular weight excluding hydrogens is 192 g/mol. The summed E-state index contributed by atoms with van der Waals surface area (Å²) in [6.45, 7) is 0. The SMILES string of the molecule is Nc1cccc(-c2c[nH]c(=O)c(O)c2)c1. The van der Waals surface area contributed by atoms with Crippen LogP contribution in [0.5, 0.6) is 5.75 Å². The van der Waals surface area contributed by atoms with Crippen LogP contribution in [0.3, 0.4) is 0 Å². The van der Waals surface area contributed by atoms with E-state index in [2.05, 4.69) is 4.98 Å². The van der Waals surface area contributed by atoms with Gasteiger partial charge in [-0.05, 0) is 23.8 Å². The van der Waals surface area contributed by atoms with E-state index in [9.17, 15) is 9.90 Å². The Bertz CT molecular complexity index is 546. The zero-order valence-corrected chi connectivity index (χ0v) is 7.90. The van der Waals surface area contributed by atoms with Gasteiger partial charge in [-0.3, -0.25) is 4.79 Å². The van der Waals surface area contributed by atoms with Crippen molar-refractivity contribution in [1.82, 2.24) is 4.98 Å². The lowest BCUT2D eigenvalue weighted by Gasteiger charge is -2.02. The summed E-state index contributed by atoms with van der Waals surface area (Å²) in [5, 5.41) is 9.26. The number of H-pyrrole nitrogens is 1. The minimum atomic E-state index is -0.498. The van der Waals surface area contributed by atoms with Gasteiger partial charge < -0.3 is 15.8 Å². The number of aromatic amines is 1. The molecule has 0 saturated heterocycles. The zero-order valence-electron chi connectivity index (χ0n) is 7.90. The summed E-state index contributed by atoms with van der Waals surface area (Å²) in [7, 11) is 0. The molecule has 2 aromatic rings. The molecule has 0 spiro atoms. The van der Waals surface area contributed by atoms with Gasteiger partial charge in [0.05, 0.1) is 0 Å². The predicted molar refractivity (Wildman–Crippen MR) is 58.6 cm³/mol. The van der Waals surface area contributed by atoms with Crippen LogP contribution >= 0.6 is 0 Å². The Labute approximate surface area is 86.0 Å². The first-order valence-electron chi connectivity index (χ1n) is 4.44. The van der Waals surface area contributed by atoms with Gasteiger partial charge in [0.2, 0.25) is 0 Å². The molecule has 0 saturated carbocycles. The van der Waals surface area contributed by atoms with Crippen molar-refractivity contribution in [3.63, 3.8) is 0 Å². The van der Waals surface area contributed by atoms with Gasteiger partial charge in [-0.15, -0.1) is 0 Å². The van der Waals surface area contributed by atoms with Crippen molar-refractivity contribution in [1.29, 1.82) is 0 Å². The minimum absolute atomic E-state index is 0.296. The lowest BCUT2D eigenvalue weighted by Crippen LogP contribution is -2.03. The molecule has 0 atom stereocenters. The monoisotopic (exact) mass is 202 g/mol. The molecular formula is C11H10N2O2. The van der Waals surface area contributed by atoms with Crippen LogP contribution in [0, 0.1) is 0 Å². The van der Waals surface area contributed by atoms with Crippen molar-refractivity contribution in [3.8, 4) is 16.9 Å². The van der Waals surface area contributed by atoms with E-state index >= 15 is 0 Å². The van der Waals surface area contributed by atoms with Crippen molar-refractivity contribution in [2.45, 2.75) is 0 Å². The highest BCUT2D eigenvalue weighted by Gasteiger charge is 2.01. The van der Waals surface area contributed by atoms with E-state index < -0.39 is 5.56 Å². The molecule has 0 aliphatic rings. The number of nitrogen functional groups attached to an aromatic ring is 1. The number of nitrogens with two attached hydrogens (primary N) is 1. The number of hydrogen-bond acceptors (Lipinski definition) is 3. The average Bonchev–Trinajstić information content (AvgIpc) is 2.22. The number of hydrogen-bond donors (Lipinski definition) is 3. The third-order valence-electron chi connectivity index (χ3n) is 2.10. The Balaban J connectivity index is 2.55. The molecule has 4 N–H and O–H groups in total. The first-order valence-corrected chi connectivity index (χ1v) is 4.44. The van der Waals surface area contributed by atoms with Gasteiger partial charge >= 0.3 is 0 Å². The molecule has 76 valence electrons. The Morgan fingerprint density at radius 1 is 1.20 bits per heavy atom. The Morgan fingerprint density at radius 3 is 2.67 bits per heavy atom. The van der Waals surface area contributed by atoms with Crippen LogP contribution in [0.15, 0.2) is 41.3 Å². The molecule has 0 radical (unpaired) electrons. The minimum Gasteiger partial charge on any atom is -0.503 e. The topological polar surface area (TPSA) is 79.1 Å². The van der Waals surface area contributed by atoms with Gasteiger partial charge in [-0.2, -0.15) is 0 Å². The van der Waals surface area contributed by atoms with E-state index in [-0.39, 0.29) is 5.75 Å². The van der Waals surface area contributed by atoms with Crippen molar-refractivity contribution >= 4 is 5.69 Å². The first kappa shape index (κ1) is 9.33. The molecule has 4 heteroatoms. The third kappa shape index (κ3) is 1.83. The number of anilines is 1. The lowest BCUT2D eigenvalue weighted by atomic mass is 10.1. The van der Waals surface area contributed by atoms with E-state index in [0.717, 1.165) is 11.1 Å². The fourth-order valence-electron chi connectivity index (χ4n) is 1.36. The normalized spacial score (nSPS) is 10.1. The predicted octanol–water partition coefficient (Wildman–Crippen LogP) is 1.33. The Morgan fingerprint density at radius 2 is 2.00 bits per heavy atom. The van der Waals surface area contributed by atoms with Gasteiger partial charge in [0.15, 0.2) is 5.75 Å². The second kappa shape index (κ2) is 3.49. The van der Waals surface area contributed by atoms with Crippen LogP contribution in [0.4, 0.5) is 5.69 Å². The van der Waals surface area contributed by atoms with E-state index in [1.54, 1.807) is 12.1 Å². The number of nitrogens with one attached hydrogen (secondary N) is 1. The highest BCUT2D eigenvalue weighted by Crippen LogP contribution is 2.21. The van der Waals surface area contributed by atoms with Crippen LogP contribution in [-0.4, -0.2) is 10.1 Å². The van der Waals surface area contributed by atoms with Gasteiger partial charge in [-0.1, -0.05) is 12.1 Å². The van der Waals surface area contributed by atoms with Crippen LogP contribution in [-0.2, 0) is 0 Å². The molecule has 0 amide bonds. The summed E-state index contributed by atoms with van der Waals surface area (Å²) in [5.74, 6) is -0.296. The molecule has 15 heavy (non-hydrogen) atoms. The van der Waals surface area contributed by atoms with E-state index in [1.807, 2.05) is 12.1 Å². The summed E-state index contributed by atoms with van der Waals surface area (Å²) in [4.78, 5) is 13.4. The summed E-state index contributed by atoms with van der Waals surface area (Å²) in [6.07, 6.45) is 1.54. The standard InChI is InChI=1S/C11H10N2O2/c12-9-3-1-2-7(4-9)8-5-10(14)11(15)13-6-8/h1-6,14H,12H2,(H,13,15). The van der Waals surface area contributed by atoms with Crippen LogP contribution < -0.4 is 11.3 Å². The molecule has 0 aliphatic carbocycles. The van der Waals surface area contributed by atoms with Gasteiger partial charge in [0.1, 0.15) is 0 Å². The van der Waals surface area contributed by atoms with Crippen molar-refractivity contribution < 1.29 is 5.11 Å². The first-order chi connectivity index (χ1) is 7.16. The maximum Gasteiger partial charge on any atom is 0.290 e. The third-order valence-corrected chi connectivity index (χ3v) is 2.10. The molecule has 1 heterocycles. The fourth-order valence-corrected chi connectivity index (χ4v) is 1.36. The lowest BCUT2D eigenvalue weighted by molar-refractivity contribution is 0.467. The summed E-state index contributed by atoms with van der Waals surface area (Å²) in [5.41, 5.74) is 7.34. The highest BCUT2D eigenvalue weighted by atomic mass is 16.3. The quantitative estimate of drug-likeness (QED) is 0.610. The van der Waals surface area contributed by atoms with E-state index in [4.69, 9.17) is 5.73 Å². The summed E-state index contributed by atoms with van der Waals surface area (Å²) < 4.78 is 0. The second-order valence-electron chi connectivity index (χ2n) is 3.23. The maximum atomic E-state index is 10.9. The molecule has 4 nitrogen and oxygen atoms in total. The molecule has 2 rings (SSSR count).